The molecule has 2 aliphatic heterocycles. The molecule has 3 rings (SSSR count). The number of amides is 3. The van der Waals surface area contributed by atoms with E-state index in [0.717, 1.165) is 0 Å². The lowest BCUT2D eigenvalue weighted by Gasteiger charge is -2.36. The van der Waals surface area contributed by atoms with Crippen molar-refractivity contribution >= 4 is 17.9 Å². The van der Waals surface area contributed by atoms with E-state index in [2.05, 4.69) is 5.32 Å². The summed E-state index contributed by atoms with van der Waals surface area (Å²) in [5, 5.41) is 2.80. The van der Waals surface area contributed by atoms with E-state index in [1.165, 1.54) is 4.90 Å². The number of ether oxygens (including phenoxy) is 2. The van der Waals surface area contributed by atoms with E-state index >= 15 is 0 Å². The first kappa shape index (κ1) is 19.4. The van der Waals surface area contributed by atoms with Gasteiger partial charge >= 0.3 is 6.09 Å². The SMILES string of the molecule is C[C@@H]([C@@H]1CC[C@@H](NC(=O)OC(C)(C)C)CO1)N1C(=O)c2ccccc2C1=O. The van der Waals surface area contributed by atoms with Gasteiger partial charge in [0.25, 0.3) is 11.8 Å². The molecular weight excluding hydrogens is 348 g/mol. The van der Waals surface area contributed by atoms with E-state index in [4.69, 9.17) is 9.47 Å². The van der Waals surface area contributed by atoms with Crippen molar-refractivity contribution in [3.8, 4) is 0 Å². The molecule has 2 aliphatic rings. The topological polar surface area (TPSA) is 84.9 Å². The number of benzene rings is 1. The molecule has 0 aliphatic carbocycles. The van der Waals surface area contributed by atoms with E-state index in [0.29, 0.717) is 30.6 Å². The van der Waals surface area contributed by atoms with Gasteiger partial charge in [-0.05, 0) is 52.7 Å². The van der Waals surface area contributed by atoms with Gasteiger partial charge in [0.1, 0.15) is 5.60 Å². The van der Waals surface area contributed by atoms with Crippen LogP contribution in [-0.2, 0) is 9.47 Å². The van der Waals surface area contributed by atoms with Crippen LogP contribution in [0.15, 0.2) is 24.3 Å². The Morgan fingerprint density at radius 1 is 1.19 bits per heavy atom. The van der Waals surface area contributed by atoms with Crippen LogP contribution in [0.2, 0.25) is 0 Å². The maximum atomic E-state index is 12.6. The highest BCUT2D eigenvalue weighted by atomic mass is 16.6. The van der Waals surface area contributed by atoms with Crippen molar-refractivity contribution in [3.05, 3.63) is 35.4 Å². The Kier molecular flexibility index (Phi) is 5.24. The second-order valence-corrected chi connectivity index (χ2v) is 8.06. The molecule has 2 heterocycles. The average molecular weight is 374 g/mol. The van der Waals surface area contributed by atoms with Crippen LogP contribution < -0.4 is 5.32 Å². The zero-order chi connectivity index (χ0) is 19.8. The van der Waals surface area contributed by atoms with Gasteiger partial charge in [-0.2, -0.15) is 0 Å². The van der Waals surface area contributed by atoms with E-state index in [1.807, 2.05) is 27.7 Å². The van der Waals surface area contributed by atoms with E-state index in [9.17, 15) is 14.4 Å². The number of carbonyl (C=O) groups is 3. The van der Waals surface area contributed by atoms with Gasteiger partial charge in [0.15, 0.2) is 0 Å². The van der Waals surface area contributed by atoms with Gasteiger partial charge < -0.3 is 14.8 Å². The van der Waals surface area contributed by atoms with Crippen molar-refractivity contribution in [1.29, 1.82) is 0 Å². The number of nitrogens with one attached hydrogen (secondary N) is 1. The highest BCUT2D eigenvalue weighted by molar-refractivity contribution is 6.21. The predicted octanol–water partition coefficient (Wildman–Crippen LogP) is 2.74. The summed E-state index contributed by atoms with van der Waals surface area (Å²) < 4.78 is 11.1. The number of nitrogens with zero attached hydrogens (tertiary/aromatic N) is 1. The number of hydrogen-bond acceptors (Lipinski definition) is 5. The van der Waals surface area contributed by atoms with Gasteiger partial charge in [-0.15, -0.1) is 0 Å². The highest BCUT2D eigenvalue weighted by Crippen LogP contribution is 2.28. The number of rotatable bonds is 3. The Bertz CT molecular complexity index is 712. The third-order valence-corrected chi connectivity index (χ3v) is 4.80. The maximum absolute atomic E-state index is 12.6. The molecule has 1 N–H and O–H groups in total. The van der Waals surface area contributed by atoms with Crippen LogP contribution in [0.3, 0.4) is 0 Å². The first-order chi connectivity index (χ1) is 12.7. The molecule has 0 bridgehead atoms. The summed E-state index contributed by atoms with van der Waals surface area (Å²) in [6.45, 7) is 7.57. The monoisotopic (exact) mass is 374 g/mol. The molecule has 0 radical (unpaired) electrons. The Labute approximate surface area is 159 Å². The molecule has 1 fully saturated rings. The first-order valence-electron chi connectivity index (χ1n) is 9.25. The molecule has 7 heteroatoms. The third kappa shape index (κ3) is 4.13. The molecule has 0 aromatic heterocycles. The minimum atomic E-state index is -0.553. The van der Waals surface area contributed by atoms with Crippen LogP contribution in [0.5, 0.6) is 0 Å². The Hall–Kier alpha value is -2.41. The van der Waals surface area contributed by atoms with Crippen LogP contribution in [0.1, 0.15) is 61.3 Å². The van der Waals surface area contributed by atoms with Crippen LogP contribution in [0, 0.1) is 0 Å². The largest absolute Gasteiger partial charge is 0.444 e. The summed E-state index contributed by atoms with van der Waals surface area (Å²) in [4.78, 5) is 38.4. The Balaban J connectivity index is 1.57. The molecule has 1 saturated heterocycles. The molecule has 1 aromatic rings. The second-order valence-electron chi connectivity index (χ2n) is 8.06. The van der Waals surface area contributed by atoms with E-state index < -0.39 is 11.7 Å². The second kappa shape index (κ2) is 7.31. The number of fused-ring (bicyclic) bond motifs is 1. The zero-order valence-electron chi connectivity index (χ0n) is 16.2. The minimum Gasteiger partial charge on any atom is -0.444 e. The predicted molar refractivity (Wildman–Crippen MR) is 98.5 cm³/mol. The summed E-state index contributed by atoms with van der Waals surface area (Å²) in [6, 6.07) is 6.32. The van der Waals surface area contributed by atoms with Crippen LogP contribution in [-0.4, -0.2) is 53.2 Å². The molecule has 146 valence electrons. The van der Waals surface area contributed by atoms with Crippen LogP contribution >= 0.6 is 0 Å². The summed E-state index contributed by atoms with van der Waals surface area (Å²) in [5.74, 6) is -0.554. The van der Waals surface area contributed by atoms with Gasteiger partial charge in [-0.1, -0.05) is 12.1 Å². The van der Waals surface area contributed by atoms with Crippen molar-refractivity contribution in [2.45, 2.75) is 64.3 Å². The Morgan fingerprint density at radius 3 is 2.26 bits per heavy atom. The normalized spacial score (nSPS) is 23.8. The first-order valence-corrected chi connectivity index (χ1v) is 9.25. The molecule has 0 spiro atoms. The molecule has 0 saturated carbocycles. The van der Waals surface area contributed by atoms with Crippen molar-refractivity contribution < 1.29 is 23.9 Å². The summed E-state index contributed by atoms with van der Waals surface area (Å²) in [7, 11) is 0. The lowest BCUT2D eigenvalue weighted by atomic mass is 9.99. The third-order valence-electron chi connectivity index (χ3n) is 4.80. The van der Waals surface area contributed by atoms with Gasteiger partial charge in [0.05, 0.1) is 35.9 Å². The zero-order valence-corrected chi connectivity index (χ0v) is 16.2. The van der Waals surface area contributed by atoms with Crippen molar-refractivity contribution in [3.63, 3.8) is 0 Å². The van der Waals surface area contributed by atoms with E-state index in [1.54, 1.807) is 24.3 Å². The van der Waals surface area contributed by atoms with Crippen molar-refractivity contribution in [2.75, 3.05) is 6.61 Å². The number of carbonyl (C=O) groups excluding carboxylic acids is 3. The van der Waals surface area contributed by atoms with Crippen LogP contribution in [0.4, 0.5) is 4.79 Å². The summed E-state index contributed by atoms with van der Waals surface area (Å²) >= 11 is 0. The number of alkyl carbamates (subject to hydrolysis) is 1. The summed E-state index contributed by atoms with van der Waals surface area (Å²) in [5.41, 5.74) is 0.326. The lowest BCUT2D eigenvalue weighted by Crippen LogP contribution is -2.51. The minimum absolute atomic E-state index is 0.148. The van der Waals surface area contributed by atoms with E-state index in [-0.39, 0.29) is 30.0 Å². The molecular formula is C20H26N2O5. The van der Waals surface area contributed by atoms with Crippen molar-refractivity contribution in [1.82, 2.24) is 10.2 Å². The van der Waals surface area contributed by atoms with Crippen LogP contribution in [0.25, 0.3) is 0 Å². The fourth-order valence-electron chi connectivity index (χ4n) is 3.48. The number of hydrogen-bond donors (Lipinski definition) is 1. The fraction of sp³-hybridized carbons (Fsp3) is 0.550. The standard InChI is InChI=1S/C20H26N2O5/c1-12(22-17(23)14-7-5-6-8-15(14)18(22)24)16-10-9-13(11-26-16)21-19(25)27-20(2,3)4/h5-8,12-13,16H,9-11H2,1-4H3,(H,21,25)/t12-,13+,16-/m0/s1. The van der Waals surface area contributed by atoms with Gasteiger partial charge in [-0.25, -0.2) is 4.79 Å². The smallest absolute Gasteiger partial charge is 0.407 e. The molecule has 7 nitrogen and oxygen atoms in total. The van der Waals surface area contributed by atoms with Crippen molar-refractivity contribution in [2.24, 2.45) is 0 Å². The van der Waals surface area contributed by atoms with Gasteiger partial charge in [0.2, 0.25) is 0 Å². The maximum Gasteiger partial charge on any atom is 0.407 e. The highest BCUT2D eigenvalue weighted by Gasteiger charge is 2.42. The molecule has 0 unspecified atom stereocenters. The lowest BCUT2D eigenvalue weighted by molar-refractivity contribution is -0.0397. The van der Waals surface area contributed by atoms with Gasteiger partial charge in [0, 0.05) is 0 Å². The fourth-order valence-corrected chi connectivity index (χ4v) is 3.48. The average Bonchev–Trinajstić information content (AvgIpc) is 2.85. The molecule has 3 atom stereocenters. The number of imide groups is 1. The summed E-state index contributed by atoms with van der Waals surface area (Å²) in [6.07, 6.45) is 0.596. The molecule has 1 aromatic carbocycles. The molecule has 3 amide bonds. The molecule has 27 heavy (non-hydrogen) atoms. The Morgan fingerprint density at radius 2 is 1.78 bits per heavy atom. The quantitative estimate of drug-likeness (QED) is 0.823. The van der Waals surface area contributed by atoms with Gasteiger partial charge in [-0.3, -0.25) is 14.5 Å².